The SMILES string of the molecule is Cc1cc(C)cc(-n2ccn3c(SCC4CCC4)nnc3c2=O)c1. The molecule has 0 atom stereocenters. The number of benzene rings is 1. The van der Waals surface area contributed by atoms with Crippen molar-refractivity contribution in [1.29, 1.82) is 0 Å². The van der Waals surface area contributed by atoms with E-state index in [4.69, 9.17) is 0 Å². The Morgan fingerprint density at radius 2 is 1.88 bits per heavy atom. The zero-order valence-corrected chi connectivity index (χ0v) is 14.7. The number of aryl methyl sites for hydroxylation is 2. The average molecular weight is 340 g/mol. The van der Waals surface area contributed by atoms with E-state index in [1.165, 1.54) is 19.3 Å². The molecule has 0 N–H and O–H groups in total. The first kappa shape index (κ1) is 15.4. The predicted molar refractivity (Wildman–Crippen MR) is 96.1 cm³/mol. The van der Waals surface area contributed by atoms with Crippen LogP contribution >= 0.6 is 11.8 Å². The van der Waals surface area contributed by atoms with E-state index in [1.807, 2.05) is 36.6 Å². The van der Waals surface area contributed by atoms with Crippen molar-refractivity contribution < 1.29 is 0 Å². The Kier molecular flexibility index (Phi) is 3.92. The second-order valence-electron chi connectivity index (χ2n) is 6.60. The maximum atomic E-state index is 12.8. The van der Waals surface area contributed by atoms with Crippen LogP contribution in [0.5, 0.6) is 0 Å². The Balaban J connectivity index is 1.71. The normalized spacial score (nSPS) is 14.9. The first-order valence-electron chi connectivity index (χ1n) is 8.30. The molecule has 1 fully saturated rings. The van der Waals surface area contributed by atoms with E-state index in [0.29, 0.717) is 5.65 Å². The van der Waals surface area contributed by atoms with Crippen molar-refractivity contribution in [3.05, 3.63) is 52.1 Å². The predicted octanol–water partition coefficient (Wildman–Crippen LogP) is 3.39. The Bertz CT molecular complexity index is 935. The highest BCUT2D eigenvalue weighted by Crippen LogP contribution is 2.31. The average Bonchev–Trinajstić information content (AvgIpc) is 2.89. The summed E-state index contributed by atoms with van der Waals surface area (Å²) in [6, 6.07) is 6.11. The summed E-state index contributed by atoms with van der Waals surface area (Å²) < 4.78 is 3.45. The standard InChI is InChI=1S/C18H20N4OS/c1-12-8-13(2)10-15(9-12)21-6-7-22-16(17(21)23)19-20-18(22)24-11-14-4-3-5-14/h6-10,14H,3-5,11H2,1-2H3. The third-order valence-corrected chi connectivity index (χ3v) is 5.77. The number of rotatable bonds is 4. The van der Waals surface area contributed by atoms with Crippen molar-refractivity contribution in [3.63, 3.8) is 0 Å². The Labute approximate surface area is 144 Å². The highest BCUT2D eigenvalue weighted by Gasteiger charge is 2.19. The van der Waals surface area contributed by atoms with E-state index >= 15 is 0 Å². The largest absolute Gasteiger partial charge is 0.300 e. The molecule has 3 aromatic rings. The fraction of sp³-hybridized carbons (Fsp3) is 0.389. The molecular weight excluding hydrogens is 320 g/mol. The monoisotopic (exact) mass is 340 g/mol. The van der Waals surface area contributed by atoms with Crippen LogP contribution in [0, 0.1) is 19.8 Å². The summed E-state index contributed by atoms with van der Waals surface area (Å²) in [4.78, 5) is 12.8. The third-order valence-electron chi connectivity index (χ3n) is 4.60. The molecular formula is C18H20N4OS. The molecule has 0 amide bonds. The van der Waals surface area contributed by atoms with Gasteiger partial charge in [-0.2, -0.15) is 0 Å². The molecule has 1 aliphatic carbocycles. The van der Waals surface area contributed by atoms with Gasteiger partial charge in [0, 0.05) is 23.8 Å². The molecule has 0 spiro atoms. The van der Waals surface area contributed by atoms with Crippen LogP contribution in [0.2, 0.25) is 0 Å². The first-order valence-corrected chi connectivity index (χ1v) is 9.28. The molecule has 1 aromatic carbocycles. The van der Waals surface area contributed by atoms with Crippen LogP contribution in [0.4, 0.5) is 0 Å². The van der Waals surface area contributed by atoms with E-state index in [9.17, 15) is 4.79 Å². The van der Waals surface area contributed by atoms with Gasteiger partial charge < -0.3 is 0 Å². The van der Waals surface area contributed by atoms with Crippen molar-refractivity contribution >= 4 is 17.4 Å². The topological polar surface area (TPSA) is 52.2 Å². The fourth-order valence-electron chi connectivity index (χ4n) is 3.11. The van der Waals surface area contributed by atoms with Crippen LogP contribution in [-0.2, 0) is 0 Å². The van der Waals surface area contributed by atoms with Gasteiger partial charge in [0.1, 0.15) is 0 Å². The maximum absolute atomic E-state index is 12.8. The summed E-state index contributed by atoms with van der Waals surface area (Å²) >= 11 is 1.70. The van der Waals surface area contributed by atoms with Gasteiger partial charge in [-0.1, -0.05) is 24.2 Å². The lowest BCUT2D eigenvalue weighted by molar-refractivity contribution is 0.353. The van der Waals surface area contributed by atoms with E-state index in [-0.39, 0.29) is 5.56 Å². The summed E-state index contributed by atoms with van der Waals surface area (Å²) in [6.07, 6.45) is 7.65. The number of nitrogens with zero attached hydrogens (tertiary/aromatic N) is 4. The van der Waals surface area contributed by atoms with Gasteiger partial charge in [-0.05, 0) is 55.9 Å². The van der Waals surface area contributed by atoms with Crippen molar-refractivity contribution in [2.45, 2.75) is 38.3 Å². The molecule has 0 saturated heterocycles. The minimum atomic E-state index is -0.134. The van der Waals surface area contributed by atoms with Gasteiger partial charge in [0.05, 0.1) is 0 Å². The molecule has 0 aliphatic heterocycles. The first-order chi connectivity index (χ1) is 11.6. The molecule has 2 aromatic heterocycles. The lowest BCUT2D eigenvalue weighted by Crippen LogP contribution is -2.20. The van der Waals surface area contributed by atoms with E-state index in [1.54, 1.807) is 22.5 Å². The maximum Gasteiger partial charge on any atom is 0.300 e. The second kappa shape index (κ2) is 6.09. The number of fused-ring (bicyclic) bond motifs is 1. The quantitative estimate of drug-likeness (QED) is 0.683. The van der Waals surface area contributed by atoms with Crippen LogP contribution in [0.1, 0.15) is 30.4 Å². The molecule has 6 heteroatoms. The molecule has 5 nitrogen and oxygen atoms in total. The fourth-order valence-corrected chi connectivity index (χ4v) is 4.21. The van der Waals surface area contributed by atoms with Crippen LogP contribution in [0.25, 0.3) is 11.3 Å². The molecule has 0 radical (unpaired) electrons. The summed E-state index contributed by atoms with van der Waals surface area (Å²) in [5.41, 5.74) is 3.38. The van der Waals surface area contributed by atoms with Crippen molar-refractivity contribution in [3.8, 4) is 5.69 Å². The van der Waals surface area contributed by atoms with Gasteiger partial charge in [0.15, 0.2) is 5.16 Å². The number of hydrogen-bond acceptors (Lipinski definition) is 4. The molecule has 2 heterocycles. The minimum absolute atomic E-state index is 0.134. The molecule has 24 heavy (non-hydrogen) atoms. The van der Waals surface area contributed by atoms with Crippen molar-refractivity contribution in [2.75, 3.05) is 5.75 Å². The van der Waals surface area contributed by atoms with Gasteiger partial charge in [0.25, 0.3) is 0 Å². The van der Waals surface area contributed by atoms with E-state index in [2.05, 4.69) is 16.3 Å². The Hall–Kier alpha value is -2.08. The molecule has 0 unspecified atom stereocenters. The van der Waals surface area contributed by atoms with Crippen LogP contribution in [-0.4, -0.2) is 24.9 Å². The van der Waals surface area contributed by atoms with Gasteiger partial charge >= 0.3 is 5.56 Å². The zero-order chi connectivity index (χ0) is 16.7. The van der Waals surface area contributed by atoms with Gasteiger partial charge in [-0.3, -0.25) is 13.8 Å². The summed E-state index contributed by atoms with van der Waals surface area (Å²) in [6.45, 7) is 4.07. The molecule has 4 rings (SSSR count). The number of thioether (sulfide) groups is 1. The second-order valence-corrected chi connectivity index (χ2v) is 7.59. The van der Waals surface area contributed by atoms with Gasteiger partial charge in [-0.25, -0.2) is 0 Å². The van der Waals surface area contributed by atoms with Crippen molar-refractivity contribution in [2.24, 2.45) is 5.92 Å². The third kappa shape index (κ3) is 2.75. The number of hydrogen-bond donors (Lipinski definition) is 0. The van der Waals surface area contributed by atoms with Gasteiger partial charge in [0.2, 0.25) is 5.65 Å². The summed E-state index contributed by atoms with van der Waals surface area (Å²) in [5, 5.41) is 9.16. The molecule has 0 bridgehead atoms. The highest BCUT2D eigenvalue weighted by atomic mass is 32.2. The smallest absolute Gasteiger partial charge is 0.280 e. The summed E-state index contributed by atoms with van der Waals surface area (Å²) in [5.74, 6) is 1.85. The lowest BCUT2D eigenvalue weighted by atomic mass is 9.87. The van der Waals surface area contributed by atoms with Crippen LogP contribution < -0.4 is 5.56 Å². The minimum Gasteiger partial charge on any atom is -0.280 e. The summed E-state index contributed by atoms with van der Waals surface area (Å²) in [7, 11) is 0. The molecule has 1 aliphatic rings. The van der Waals surface area contributed by atoms with E-state index < -0.39 is 0 Å². The van der Waals surface area contributed by atoms with Crippen LogP contribution in [0.15, 0.2) is 40.5 Å². The number of aromatic nitrogens is 4. The van der Waals surface area contributed by atoms with Gasteiger partial charge in [-0.15, -0.1) is 10.2 Å². The Morgan fingerprint density at radius 1 is 1.12 bits per heavy atom. The lowest BCUT2D eigenvalue weighted by Gasteiger charge is -2.24. The van der Waals surface area contributed by atoms with Crippen LogP contribution in [0.3, 0.4) is 0 Å². The van der Waals surface area contributed by atoms with E-state index in [0.717, 1.165) is 33.6 Å². The Morgan fingerprint density at radius 3 is 2.54 bits per heavy atom. The molecule has 124 valence electrons. The van der Waals surface area contributed by atoms with Crippen molar-refractivity contribution in [1.82, 2.24) is 19.2 Å². The zero-order valence-electron chi connectivity index (χ0n) is 13.9. The highest BCUT2D eigenvalue weighted by molar-refractivity contribution is 7.99. The molecule has 1 saturated carbocycles.